The maximum Gasteiger partial charge on any atom is 0.293 e. The van der Waals surface area contributed by atoms with Crippen LogP contribution in [0.15, 0.2) is 42.9 Å². The van der Waals surface area contributed by atoms with E-state index in [2.05, 4.69) is 74.0 Å². The molecule has 8 heterocycles. The molecule has 11 rings (SSSR count). The van der Waals surface area contributed by atoms with Gasteiger partial charge in [0.15, 0.2) is 0 Å². The molecule has 0 amide bonds. The van der Waals surface area contributed by atoms with Gasteiger partial charge in [0.2, 0.25) is 5.88 Å². The van der Waals surface area contributed by atoms with Crippen LogP contribution in [0.2, 0.25) is 0 Å². The molecule has 3 spiro atoms. The van der Waals surface area contributed by atoms with Crippen molar-refractivity contribution in [1.82, 2.24) is 34.6 Å². The van der Waals surface area contributed by atoms with Crippen LogP contribution >= 0.6 is 0 Å². The fourth-order valence-corrected chi connectivity index (χ4v) is 12.5. The minimum absolute atomic E-state index is 0.183. The van der Waals surface area contributed by atoms with Crippen molar-refractivity contribution in [3.63, 3.8) is 0 Å². The van der Waals surface area contributed by atoms with E-state index in [1.165, 1.54) is 83.3 Å². The number of anilines is 2. The lowest BCUT2D eigenvalue weighted by molar-refractivity contribution is -0.191. The van der Waals surface area contributed by atoms with Crippen molar-refractivity contribution in [2.45, 2.75) is 97.2 Å². The molecule has 3 aromatic rings. The Kier molecular flexibility index (Phi) is 19.2. The number of nitrogens with zero attached hydrogens (tertiary/aromatic N) is 10. The van der Waals surface area contributed by atoms with Crippen LogP contribution in [-0.4, -0.2) is 185 Å². The lowest BCUT2D eigenvalue weighted by Gasteiger charge is -2.52. The van der Waals surface area contributed by atoms with Gasteiger partial charge in [-0.15, -0.1) is 0 Å². The molecule has 5 saturated heterocycles. The highest BCUT2D eigenvalue weighted by Crippen LogP contribution is 2.50. The smallest absolute Gasteiger partial charge is 0.293 e. The van der Waals surface area contributed by atoms with E-state index >= 15 is 0 Å². The van der Waals surface area contributed by atoms with Crippen molar-refractivity contribution in [3.8, 4) is 23.3 Å². The first-order valence-electron chi connectivity index (χ1n) is 26.3. The normalized spacial score (nSPS) is 23.9. The molecule has 3 saturated carbocycles. The summed E-state index contributed by atoms with van der Waals surface area (Å²) in [4.78, 5) is 46.1. The van der Waals surface area contributed by atoms with Gasteiger partial charge < -0.3 is 38.5 Å². The minimum Gasteiger partial charge on any atom is -0.473 e. The summed E-state index contributed by atoms with van der Waals surface area (Å²) in [5.74, 6) is -0.0250. The van der Waals surface area contributed by atoms with Crippen LogP contribution in [0.25, 0.3) is 11.4 Å². The average molecular weight is 1000 g/mol. The number of carbonyl (C=O) groups excluding carboxylic acids is 2. The van der Waals surface area contributed by atoms with Crippen LogP contribution < -0.4 is 14.5 Å². The van der Waals surface area contributed by atoms with Crippen molar-refractivity contribution < 1.29 is 37.3 Å². The van der Waals surface area contributed by atoms with E-state index in [0.29, 0.717) is 71.3 Å². The topological polar surface area (TPSA) is 153 Å². The van der Waals surface area contributed by atoms with Gasteiger partial charge in [0.25, 0.3) is 12.9 Å². The van der Waals surface area contributed by atoms with Gasteiger partial charge in [-0.05, 0) is 102 Å². The summed E-state index contributed by atoms with van der Waals surface area (Å²) in [6.07, 6.45) is 14.3. The molecular formula is C54H78F2N10O6. The monoisotopic (exact) mass is 1000 g/mol. The molecule has 0 bridgehead atoms. The SMILES string of the molecule is CC.CCOC=O.CCOC=O.CN1CC2(CCC(N3CCN(c4cc(F)cnc4-c4ccc(C#N)cn4)CC3)C2)C1.CN1CC2(CCC(N3CCN(c4cc(F)cnc4OC4CC5(COC5)C4)CC3)C2)C1. The third kappa shape index (κ3) is 13.4. The first-order chi connectivity index (χ1) is 34.9. The van der Waals surface area contributed by atoms with Gasteiger partial charge in [0.1, 0.15) is 35.2 Å². The molecule has 8 aliphatic rings. The average Bonchev–Trinajstić information content (AvgIpc) is 4.01. The summed E-state index contributed by atoms with van der Waals surface area (Å²) in [7, 11) is 4.44. The minimum atomic E-state index is -0.336. The van der Waals surface area contributed by atoms with Crippen LogP contribution in [0, 0.1) is 39.2 Å². The number of aromatic nitrogens is 3. The summed E-state index contributed by atoms with van der Waals surface area (Å²) in [5, 5.41) is 9.00. The third-order valence-corrected chi connectivity index (χ3v) is 15.8. The van der Waals surface area contributed by atoms with Crippen molar-refractivity contribution in [2.75, 3.05) is 129 Å². The molecule has 18 heteroatoms. The molecule has 0 N–H and O–H groups in total. The fraction of sp³-hybridized carbons (Fsp3) is 0.667. The Morgan fingerprint density at radius 2 is 1.19 bits per heavy atom. The number of carbonyl (C=O) groups is 2. The summed E-state index contributed by atoms with van der Waals surface area (Å²) in [5.41, 5.74) is 4.96. The maximum absolute atomic E-state index is 14.1. The standard InChI is InChI=1S/C23H27FN6.C23H33FN4O2.2C3H6O2.C2H6/c1-28-15-23(16-28)5-4-19(11-23)29-6-8-30(9-7-29)21-10-18(24)14-27-22(21)20-3-2-17(12-25)13-26-20;1-26-13-22(14-26)3-2-18(9-22)27-4-6-28(7-5-27)20-8-17(24)12-25-21(20)30-19-10-23(11-19)15-29-16-23;2*1-2-5-3-4;1-2/h2-3,10,13-14,19H,4-9,11,15-16H2,1H3;8,12,18-19H,2-7,9-11,13-16H2,1H3;2*3H,2H2,1H3;1-2H3. The molecular weight excluding hydrogens is 923 g/mol. The molecule has 0 radical (unpaired) electrons. The molecule has 2 unspecified atom stereocenters. The number of nitriles is 1. The third-order valence-electron chi connectivity index (χ3n) is 15.8. The predicted octanol–water partition coefficient (Wildman–Crippen LogP) is 6.53. The van der Waals surface area contributed by atoms with Gasteiger partial charge in [-0.3, -0.25) is 24.4 Å². The quantitative estimate of drug-likeness (QED) is 0.191. The molecule has 3 aliphatic carbocycles. The predicted molar refractivity (Wildman–Crippen MR) is 273 cm³/mol. The van der Waals surface area contributed by atoms with Crippen LogP contribution in [0.3, 0.4) is 0 Å². The number of ether oxygens (including phenoxy) is 4. The van der Waals surface area contributed by atoms with Crippen LogP contribution in [0.1, 0.15) is 84.6 Å². The highest BCUT2D eigenvalue weighted by molar-refractivity contribution is 5.73. The first-order valence-corrected chi connectivity index (χ1v) is 26.3. The first kappa shape index (κ1) is 54.7. The van der Waals surface area contributed by atoms with Crippen molar-refractivity contribution in [2.24, 2.45) is 16.2 Å². The van der Waals surface area contributed by atoms with Gasteiger partial charge in [-0.25, -0.2) is 18.7 Å². The van der Waals surface area contributed by atoms with Gasteiger partial charge in [0.05, 0.1) is 55.8 Å². The van der Waals surface area contributed by atoms with Gasteiger partial charge in [0, 0.05) is 114 Å². The highest BCUT2D eigenvalue weighted by atomic mass is 19.1. The summed E-state index contributed by atoms with van der Waals surface area (Å²) >= 11 is 0. The van der Waals surface area contributed by atoms with Gasteiger partial charge >= 0.3 is 0 Å². The fourth-order valence-electron chi connectivity index (χ4n) is 12.5. The number of halogens is 2. The van der Waals surface area contributed by atoms with E-state index in [0.717, 1.165) is 95.8 Å². The lowest BCUT2D eigenvalue weighted by Crippen LogP contribution is -2.56. The maximum atomic E-state index is 14.1. The van der Waals surface area contributed by atoms with Crippen molar-refractivity contribution >= 4 is 24.3 Å². The van der Waals surface area contributed by atoms with E-state index in [1.807, 2.05) is 13.8 Å². The second-order valence-corrected chi connectivity index (χ2v) is 21.0. The Hall–Kier alpha value is -5.06. The Labute approximate surface area is 425 Å². The molecule has 72 heavy (non-hydrogen) atoms. The molecule has 8 fully saturated rings. The van der Waals surface area contributed by atoms with Crippen LogP contribution in [-0.2, 0) is 23.8 Å². The number of rotatable bonds is 11. The van der Waals surface area contributed by atoms with Crippen molar-refractivity contribution in [3.05, 3.63) is 60.1 Å². The molecule has 0 aromatic carbocycles. The molecule has 16 nitrogen and oxygen atoms in total. The number of likely N-dealkylation sites (tertiary alicyclic amines) is 2. The number of piperazine rings is 2. The molecule has 3 aromatic heterocycles. The van der Waals surface area contributed by atoms with E-state index in [9.17, 15) is 18.4 Å². The molecule has 2 atom stereocenters. The lowest BCUT2D eigenvalue weighted by atomic mass is 9.65. The summed E-state index contributed by atoms with van der Waals surface area (Å²) < 4.78 is 48.0. The number of hydrogen-bond acceptors (Lipinski definition) is 16. The zero-order chi connectivity index (χ0) is 51.3. The summed E-state index contributed by atoms with van der Waals surface area (Å²) in [6, 6.07) is 10.2. The summed E-state index contributed by atoms with van der Waals surface area (Å²) in [6.45, 7) is 23.7. The second-order valence-electron chi connectivity index (χ2n) is 21.0. The van der Waals surface area contributed by atoms with Crippen LogP contribution in [0.5, 0.6) is 5.88 Å². The van der Waals surface area contributed by atoms with E-state index in [-0.39, 0.29) is 17.7 Å². The molecule has 394 valence electrons. The molecule has 5 aliphatic heterocycles. The van der Waals surface area contributed by atoms with Crippen molar-refractivity contribution in [1.29, 1.82) is 5.26 Å². The highest BCUT2D eigenvalue weighted by Gasteiger charge is 2.52. The van der Waals surface area contributed by atoms with E-state index in [4.69, 9.17) is 14.7 Å². The zero-order valence-electron chi connectivity index (χ0n) is 43.6. The van der Waals surface area contributed by atoms with Gasteiger partial charge in [-0.2, -0.15) is 5.26 Å². The second kappa shape index (κ2) is 25.3. The Balaban J connectivity index is 0.000000173. The number of hydrogen-bond donors (Lipinski definition) is 0. The Morgan fingerprint density at radius 3 is 1.61 bits per heavy atom. The Morgan fingerprint density at radius 1 is 0.694 bits per heavy atom. The number of pyridine rings is 3. The van der Waals surface area contributed by atoms with E-state index in [1.54, 1.807) is 38.1 Å². The van der Waals surface area contributed by atoms with Crippen LogP contribution in [0.4, 0.5) is 20.2 Å². The zero-order valence-corrected chi connectivity index (χ0v) is 43.6. The largest absolute Gasteiger partial charge is 0.473 e. The van der Waals surface area contributed by atoms with Gasteiger partial charge in [-0.1, -0.05) is 13.8 Å². The van der Waals surface area contributed by atoms with E-state index < -0.39 is 0 Å². The Bertz CT molecular complexity index is 2220.